The highest BCUT2D eigenvalue weighted by Crippen LogP contribution is 2.20. The number of carbonyl (C=O) groups excluding carboxylic acids is 1. The maximum absolute atomic E-state index is 12.2. The number of hydrogen-bond donors (Lipinski definition) is 2. The summed E-state index contributed by atoms with van der Waals surface area (Å²) in [6, 6.07) is -0.497. The van der Waals surface area contributed by atoms with Crippen molar-refractivity contribution in [1.29, 1.82) is 0 Å². The van der Waals surface area contributed by atoms with Crippen molar-refractivity contribution in [3.63, 3.8) is 0 Å². The normalized spacial score (nSPS) is 19.0. The van der Waals surface area contributed by atoms with Crippen LogP contribution in [0.25, 0.3) is 0 Å². The van der Waals surface area contributed by atoms with Crippen molar-refractivity contribution in [1.82, 2.24) is 9.80 Å². The highest BCUT2D eigenvalue weighted by atomic mass is 16.4. The van der Waals surface area contributed by atoms with Crippen LogP contribution in [0.1, 0.15) is 26.2 Å². The number of rotatable bonds is 5. The van der Waals surface area contributed by atoms with Crippen LogP contribution in [-0.4, -0.2) is 64.2 Å². The molecule has 19 heavy (non-hydrogen) atoms. The number of aliphatic carboxylic acids is 2. The van der Waals surface area contributed by atoms with E-state index >= 15 is 0 Å². The molecule has 1 rings (SSSR count). The summed E-state index contributed by atoms with van der Waals surface area (Å²) < 4.78 is 0. The smallest absolute Gasteiger partial charge is 0.323 e. The molecule has 0 saturated carbocycles. The summed E-state index contributed by atoms with van der Waals surface area (Å²) in [6.07, 6.45) is 2.89. The molecule has 0 aromatic carbocycles. The molecule has 2 N–H and O–H groups in total. The molecule has 1 aliphatic rings. The Balaban J connectivity index is 2.68. The first-order valence-corrected chi connectivity index (χ1v) is 6.41. The summed E-state index contributed by atoms with van der Waals surface area (Å²) in [5.41, 5.74) is 0. The Bertz CT molecular complexity index is 342. The van der Waals surface area contributed by atoms with Crippen molar-refractivity contribution >= 4 is 18.0 Å². The molecule has 1 heterocycles. The summed E-state index contributed by atoms with van der Waals surface area (Å²) in [6.45, 7) is 2.01. The summed E-state index contributed by atoms with van der Waals surface area (Å²) >= 11 is 0. The third kappa shape index (κ3) is 4.76. The Hall–Kier alpha value is -1.79. The standard InChI is InChI=1S/C12H20N2O5/c1-2-9-4-3-5-13(6-9)12(19)14(7-10(15)16)8-11(17)18/h9H,2-8H2,1H3,(H,15,16)(H,17,18). The molecule has 0 bridgehead atoms. The van der Waals surface area contributed by atoms with Gasteiger partial charge in [0.1, 0.15) is 13.1 Å². The Labute approximate surface area is 111 Å². The molecule has 108 valence electrons. The average Bonchev–Trinajstić information content (AvgIpc) is 2.36. The molecule has 1 fully saturated rings. The summed E-state index contributed by atoms with van der Waals surface area (Å²) in [5.74, 6) is -2.01. The Morgan fingerprint density at radius 2 is 1.79 bits per heavy atom. The molecule has 1 unspecified atom stereocenters. The molecule has 7 heteroatoms. The van der Waals surface area contributed by atoms with E-state index in [4.69, 9.17) is 10.2 Å². The van der Waals surface area contributed by atoms with Crippen LogP contribution in [0, 0.1) is 5.92 Å². The maximum atomic E-state index is 12.2. The van der Waals surface area contributed by atoms with Crippen molar-refractivity contribution in [3.8, 4) is 0 Å². The molecule has 0 aromatic heterocycles. The fraction of sp³-hybridized carbons (Fsp3) is 0.750. The highest BCUT2D eigenvalue weighted by molar-refractivity contribution is 5.84. The number of carbonyl (C=O) groups is 3. The quantitative estimate of drug-likeness (QED) is 0.767. The van der Waals surface area contributed by atoms with Gasteiger partial charge < -0.3 is 20.0 Å². The number of urea groups is 1. The third-order valence-corrected chi connectivity index (χ3v) is 3.29. The molecule has 2 amide bonds. The van der Waals surface area contributed by atoms with E-state index in [0.717, 1.165) is 24.2 Å². The van der Waals surface area contributed by atoms with Gasteiger partial charge in [0.05, 0.1) is 0 Å². The zero-order chi connectivity index (χ0) is 14.4. The number of piperidine rings is 1. The van der Waals surface area contributed by atoms with Gasteiger partial charge in [-0.3, -0.25) is 9.59 Å². The maximum Gasteiger partial charge on any atom is 0.323 e. The van der Waals surface area contributed by atoms with Crippen LogP contribution in [0.4, 0.5) is 4.79 Å². The van der Waals surface area contributed by atoms with Crippen LogP contribution < -0.4 is 0 Å². The average molecular weight is 272 g/mol. The van der Waals surface area contributed by atoms with E-state index in [1.807, 2.05) is 6.92 Å². The van der Waals surface area contributed by atoms with Crippen molar-refractivity contribution in [2.75, 3.05) is 26.2 Å². The van der Waals surface area contributed by atoms with Crippen LogP contribution in [0.15, 0.2) is 0 Å². The van der Waals surface area contributed by atoms with Gasteiger partial charge in [0.2, 0.25) is 0 Å². The Kier molecular flexibility index (Phi) is 5.59. The second-order valence-electron chi connectivity index (χ2n) is 4.79. The zero-order valence-electron chi connectivity index (χ0n) is 11.0. The third-order valence-electron chi connectivity index (χ3n) is 3.29. The number of carboxylic acid groups (broad SMARTS) is 2. The number of amides is 2. The lowest BCUT2D eigenvalue weighted by Gasteiger charge is -2.35. The first-order valence-electron chi connectivity index (χ1n) is 6.41. The second kappa shape index (κ2) is 6.96. The van der Waals surface area contributed by atoms with Gasteiger partial charge in [-0.15, -0.1) is 0 Å². The van der Waals surface area contributed by atoms with E-state index < -0.39 is 31.1 Å². The molecular formula is C12H20N2O5. The van der Waals surface area contributed by atoms with Crippen LogP contribution in [0.3, 0.4) is 0 Å². The molecule has 0 spiro atoms. The van der Waals surface area contributed by atoms with E-state index in [2.05, 4.69) is 0 Å². The molecule has 1 aliphatic heterocycles. The van der Waals surface area contributed by atoms with Gasteiger partial charge in [-0.25, -0.2) is 4.79 Å². The van der Waals surface area contributed by atoms with Crippen LogP contribution in [0.2, 0.25) is 0 Å². The lowest BCUT2D eigenvalue weighted by molar-refractivity contribution is -0.140. The molecule has 0 aliphatic carbocycles. The second-order valence-corrected chi connectivity index (χ2v) is 4.79. The van der Waals surface area contributed by atoms with Gasteiger partial charge in [0.25, 0.3) is 0 Å². The topological polar surface area (TPSA) is 98.2 Å². The summed E-state index contributed by atoms with van der Waals surface area (Å²) in [5, 5.41) is 17.5. The number of likely N-dealkylation sites (tertiary alicyclic amines) is 1. The van der Waals surface area contributed by atoms with Crippen LogP contribution >= 0.6 is 0 Å². The predicted molar refractivity (Wildman–Crippen MR) is 66.8 cm³/mol. The first kappa shape index (κ1) is 15.3. The van der Waals surface area contributed by atoms with Gasteiger partial charge >= 0.3 is 18.0 Å². The number of carboxylic acids is 2. The van der Waals surface area contributed by atoms with Crippen molar-refractivity contribution in [2.24, 2.45) is 5.92 Å². The molecule has 1 saturated heterocycles. The van der Waals surface area contributed by atoms with Gasteiger partial charge in [-0.05, 0) is 18.8 Å². The van der Waals surface area contributed by atoms with E-state index in [1.54, 1.807) is 4.90 Å². The largest absolute Gasteiger partial charge is 0.480 e. The predicted octanol–water partition coefficient (Wildman–Crippen LogP) is 0.700. The zero-order valence-corrected chi connectivity index (χ0v) is 11.0. The molecular weight excluding hydrogens is 252 g/mol. The van der Waals surface area contributed by atoms with Crippen molar-refractivity contribution in [3.05, 3.63) is 0 Å². The van der Waals surface area contributed by atoms with E-state index in [-0.39, 0.29) is 0 Å². The Morgan fingerprint density at radius 3 is 2.26 bits per heavy atom. The summed E-state index contributed by atoms with van der Waals surface area (Å²) in [4.78, 5) is 36.0. The first-order chi connectivity index (χ1) is 8.93. The lowest BCUT2D eigenvalue weighted by Crippen LogP contribution is -2.50. The fourth-order valence-electron chi connectivity index (χ4n) is 2.29. The van der Waals surface area contributed by atoms with Crippen LogP contribution in [0.5, 0.6) is 0 Å². The van der Waals surface area contributed by atoms with Crippen molar-refractivity contribution in [2.45, 2.75) is 26.2 Å². The van der Waals surface area contributed by atoms with E-state index in [9.17, 15) is 14.4 Å². The summed E-state index contributed by atoms with van der Waals surface area (Å²) in [7, 11) is 0. The molecule has 0 aromatic rings. The SMILES string of the molecule is CCC1CCCN(C(=O)N(CC(=O)O)CC(=O)O)C1. The minimum Gasteiger partial charge on any atom is -0.480 e. The van der Waals surface area contributed by atoms with E-state index in [1.165, 1.54) is 0 Å². The molecule has 1 atom stereocenters. The molecule has 7 nitrogen and oxygen atoms in total. The molecule has 0 radical (unpaired) electrons. The monoisotopic (exact) mass is 272 g/mol. The van der Waals surface area contributed by atoms with Gasteiger partial charge in [-0.1, -0.05) is 13.3 Å². The number of hydrogen-bond acceptors (Lipinski definition) is 3. The van der Waals surface area contributed by atoms with Gasteiger partial charge in [-0.2, -0.15) is 0 Å². The minimum absolute atomic E-state index is 0.411. The van der Waals surface area contributed by atoms with Crippen molar-refractivity contribution < 1.29 is 24.6 Å². The number of nitrogens with zero attached hydrogens (tertiary/aromatic N) is 2. The minimum atomic E-state index is -1.21. The van der Waals surface area contributed by atoms with Gasteiger partial charge in [0.15, 0.2) is 0 Å². The fourth-order valence-corrected chi connectivity index (χ4v) is 2.29. The Morgan fingerprint density at radius 1 is 1.21 bits per heavy atom. The van der Waals surface area contributed by atoms with Gasteiger partial charge in [0, 0.05) is 13.1 Å². The van der Waals surface area contributed by atoms with Crippen LogP contribution in [-0.2, 0) is 9.59 Å². The van der Waals surface area contributed by atoms with E-state index in [0.29, 0.717) is 19.0 Å². The lowest BCUT2D eigenvalue weighted by atomic mass is 9.96. The highest BCUT2D eigenvalue weighted by Gasteiger charge is 2.28.